The molecule has 0 N–H and O–H groups in total. The van der Waals surface area contributed by atoms with Crippen molar-refractivity contribution >= 4 is 22.9 Å². The monoisotopic (exact) mass is 364 g/mol. The number of nitrogens with zero attached hydrogens (tertiary/aromatic N) is 4. The molecule has 1 aliphatic carbocycles. The lowest BCUT2D eigenvalue weighted by atomic mass is 9.88. The van der Waals surface area contributed by atoms with Gasteiger partial charge < -0.3 is 0 Å². The molecule has 0 spiro atoms. The van der Waals surface area contributed by atoms with Crippen molar-refractivity contribution in [1.82, 2.24) is 9.99 Å². The molecular formula is C21H21FN4O. The third-order valence-corrected chi connectivity index (χ3v) is 4.85. The fourth-order valence-electron chi connectivity index (χ4n) is 3.35. The number of pyridine rings is 1. The van der Waals surface area contributed by atoms with E-state index in [1.165, 1.54) is 25.8 Å². The predicted octanol–water partition coefficient (Wildman–Crippen LogP) is 3.63. The fraction of sp³-hybridized carbons (Fsp3) is 0.333. The first-order chi connectivity index (χ1) is 13.1. The molecule has 1 aromatic carbocycles. The average Bonchev–Trinajstić information content (AvgIpc) is 3.48. The number of aliphatic imine (C=N–C) groups is 1. The Hall–Kier alpha value is -2.89. The number of hydrogen-bond acceptors (Lipinski definition) is 5. The Morgan fingerprint density at radius 1 is 1.26 bits per heavy atom. The molecule has 1 aliphatic heterocycles. The Bertz CT molecular complexity index is 905. The minimum absolute atomic E-state index is 0.0567. The van der Waals surface area contributed by atoms with E-state index in [1.54, 1.807) is 30.6 Å². The van der Waals surface area contributed by atoms with Crippen LogP contribution in [0.4, 0.5) is 10.1 Å². The predicted molar refractivity (Wildman–Crippen MR) is 103 cm³/mol. The number of halogens is 1. The van der Waals surface area contributed by atoms with Crippen molar-refractivity contribution < 1.29 is 9.18 Å². The summed E-state index contributed by atoms with van der Waals surface area (Å²) in [5.74, 6) is -0.415. The number of ketones is 1. The third kappa shape index (κ3) is 3.94. The molecule has 2 aromatic rings. The van der Waals surface area contributed by atoms with Crippen LogP contribution in [0.1, 0.15) is 25.3 Å². The van der Waals surface area contributed by atoms with E-state index in [1.807, 2.05) is 17.1 Å². The molecule has 2 heterocycles. The van der Waals surface area contributed by atoms with Gasteiger partial charge in [0.25, 0.3) is 0 Å². The van der Waals surface area contributed by atoms with Crippen LogP contribution in [0.25, 0.3) is 0 Å². The third-order valence-electron chi connectivity index (χ3n) is 4.85. The van der Waals surface area contributed by atoms with Crippen LogP contribution in [-0.4, -0.2) is 40.3 Å². The second-order valence-corrected chi connectivity index (χ2v) is 7.12. The SMILES string of the molecule is CC(=O)C1C(=Nc2ccccc2F)CN(CC2CC2)N=C1c1cccnc1. The number of carbonyl (C=O) groups is 1. The molecular weight excluding hydrogens is 343 g/mol. The molecule has 6 heteroatoms. The van der Waals surface area contributed by atoms with Gasteiger partial charge in [-0.15, -0.1) is 0 Å². The number of para-hydroxylation sites is 1. The second kappa shape index (κ2) is 7.39. The molecule has 1 unspecified atom stereocenters. The van der Waals surface area contributed by atoms with Crippen LogP contribution in [0.15, 0.2) is 58.9 Å². The molecule has 1 aromatic heterocycles. The van der Waals surface area contributed by atoms with E-state index in [0.717, 1.165) is 12.1 Å². The summed E-state index contributed by atoms with van der Waals surface area (Å²) in [5.41, 5.74) is 2.30. The van der Waals surface area contributed by atoms with Crippen LogP contribution in [0.3, 0.4) is 0 Å². The summed E-state index contributed by atoms with van der Waals surface area (Å²) in [6.07, 6.45) is 5.79. The topological polar surface area (TPSA) is 57.9 Å². The quantitative estimate of drug-likeness (QED) is 0.814. The maximum absolute atomic E-state index is 14.2. The van der Waals surface area contributed by atoms with Crippen LogP contribution < -0.4 is 0 Å². The Labute approximate surface area is 157 Å². The van der Waals surface area contributed by atoms with Gasteiger partial charge in [0.2, 0.25) is 0 Å². The highest BCUT2D eigenvalue weighted by Gasteiger charge is 2.35. The van der Waals surface area contributed by atoms with Gasteiger partial charge in [0.15, 0.2) is 0 Å². The van der Waals surface area contributed by atoms with Gasteiger partial charge in [-0.25, -0.2) is 4.39 Å². The maximum Gasteiger partial charge on any atom is 0.148 e. The van der Waals surface area contributed by atoms with E-state index in [9.17, 15) is 9.18 Å². The Kier molecular flexibility index (Phi) is 4.79. The van der Waals surface area contributed by atoms with E-state index in [0.29, 0.717) is 23.9 Å². The largest absolute Gasteiger partial charge is 0.299 e. The molecule has 2 aliphatic rings. The first kappa shape index (κ1) is 17.5. The maximum atomic E-state index is 14.2. The zero-order valence-corrected chi connectivity index (χ0v) is 15.2. The highest BCUT2D eigenvalue weighted by Crippen LogP contribution is 2.32. The second-order valence-electron chi connectivity index (χ2n) is 7.12. The Balaban J connectivity index is 1.79. The molecule has 1 atom stereocenters. The summed E-state index contributed by atoms with van der Waals surface area (Å²) in [5, 5.41) is 6.72. The van der Waals surface area contributed by atoms with Crippen molar-refractivity contribution in [1.29, 1.82) is 0 Å². The van der Waals surface area contributed by atoms with E-state index < -0.39 is 11.7 Å². The molecule has 0 saturated heterocycles. The minimum atomic E-state index is -0.593. The van der Waals surface area contributed by atoms with Gasteiger partial charge in [-0.2, -0.15) is 5.10 Å². The summed E-state index contributed by atoms with van der Waals surface area (Å²) in [4.78, 5) is 21.2. The van der Waals surface area contributed by atoms with Crippen molar-refractivity contribution in [2.24, 2.45) is 21.9 Å². The summed E-state index contributed by atoms with van der Waals surface area (Å²) in [6.45, 7) is 2.79. The molecule has 1 fully saturated rings. The van der Waals surface area contributed by atoms with Gasteiger partial charge in [-0.05, 0) is 49.9 Å². The number of hydrazone groups is 1. The van der Waals surface area contributed by atoms with Crippen LogP contribution in [0.5, 0.6) is 0 Å². The van der Waals surface area contributed by atoms with Gasteiger partial charge >= 0.3 is 0 Å². The van der Waals surface area contributed by atoms with Crippen molar-refractivity contribution in [2.45, 2.75) is 19.8 Å². The van der Waals surface area contributed by atoms with E-state index in [-0.39, 0.29) is 11.5 Å². The van der Waals surface area contributed by atoms with Crippen molar-refractivity contribution in [3.05, 3.63) is 60.2 Å². The lowest BCUT2D eigenvalue weighted by molar-refractivity contribution is -0.117. The molecule has 0 amide bonds. The zero-order valence-electron chi connectivity index (χ0n) is 15.2. The summed E-state index contributed by atoms with van der Waals surface area (Å²) >= 11 is 0. The van der Waals surface area contributed by atoms with Gasteiger partial charge in [0.1, 0.15) is 17.5 Å². The minimum Gasteiger partial charge on any atom is -0.299 e. The highest BCUT2D eigenvalue weighted by atomic mass is 19.1. The van der Waals surface area contributed by atoms with E-state index in [2.05, 4.69) is 9.98 Å². The number of aromatic nitrogens is 1. The van der Waals surface area contributed by atoms with Gasteiger partial charge in [0.05, 0.1) is 23.7 Å². The molecule has 4 rings (SSSR count). The van der Waals surface area contributed by atoms with Crippen LogP contribution in [0, 0.1) is 17.7 Å². The fourth-order valence-corrected chi connectivity index (χ4v) is 3.35. The van der Waals surface area contributed by atoms with Crippen molar-refractivity contribution in [3.63, 3.8) is 0 Å². The Morgan fingerprint density at radius 2 is 2.07 bits per heavy atom. The molecule has 0 radical (unpaired) electrons. The first-order valence-corrected chi connectivity index (χ1v) is 9.18. The number of benzene rings is 1. The van der Waals surface area contributed by atoms with Crippen LogP contribution >= 0.6 is 0 Å². The van der Waals surface area contributed by atoms with Crippen LogP contribution in [0.2, 0.25) is 0 Å². The summed E-state index contributed by atoms with van der Waals surface area (Å²) in [6, 6.07) is 10.1. The molecule has 138 valence electrons. The van der Waals surface area contributed by atoms with Crippen LogP contribution in [-0.2, 0) is 4.79 Å². The van der Waals surface area contributed by atoms with Crippen molar-refractivity contribution in [2.75, 3.05) is 13.1 Å². The number of hydrogen-bond donors (Lipinski definition) is 0. The molecule has 0 bridgehead atoms. The van der Waals surface area contributed by atoms with E-state index in [4.69, 9.17) is 5.10 Å². The summed E-state index contributed by atoms with van der Waals surface area (Å²) in [7, 11) is 0. The lowest BCUT2D eigenvalue weighted by Gasteiger charge is -2.31. The normalized spacial score (nSPS) is 21.3. The average molecular weight is 364 g/mol. The number of Topliss-reactive ketones (excluding diaryl/α,β-unsaturated/α-hetero) is 1. The van der Waals surface area contributed by atoms with E-state index >= 15 is 0 Å². The molecule has 27 heavy (non-hydrogen) atoms. The summed E-state index contributed by atoms with van der Waals surface area (Å²) < 4.78 is 14.2. The number of rotatable bonds is 5. The van der Waals surface area contributed by atoms with Gasteiger partial charge in [-0.3, -0.25) is 19.8 Å². The highest BCUT2D eigenvalue weighted by molar-refractivity contribution is 6.28. The van der Waals surface area contributed by atoms with Gasteiger partial charge in [0, 0.05) is 24.5 Å². The number of carbonyl (C=O) groups excluding carboxylic acids is 1. The lowest BCUT2D eigenvalue weighted by Crippen LogP contribution is -2.44. The standard InChI is InChI=1S/C21H21FN4O/c1-14(27)20-19(24-18-7-3-2-6-17(18)22)13-26(12-15-8-9-15)25-21(20)16-5-4-10-23-11-16/h2-7,10-11,15,20H,8-9,12-13H2,1H3. The molecule has 1 saturated carbocycles. The zero-order chi connectivity index (χ0) is 18.8. The smallest absolute Gasteiger partial charge is 0.148 e. The first-order valence-electron chi connectivity index (χ1n) is 9.18. The Morgan fingerprint density at radius 3 is 2.74 bits per heavy atom. The van der Waals surface area contributed by atoms with Gasteiger partial charge in [-0.1, -0.05) is 12.1 Å². The molecule has 5 nitrogen and oxygen atoms in total. The van der Waals surface area contributed by atoms with Crippen molar-refractivity contribution in [3.8, 4) is 0 Å².